The fourth-order valence-electron chi connectivity index (χ4n) is 0.969. The van der Waals surface area contributed by atoms with Crippen molar-refractivity contribution in [3.63, 3.8) is 0 Å². The Hall–Kier alpha value is -0.860. The minimum atomic E-state index is -0.395. The first-order valence-electron chi connectivity index (χ1n) is 3.68. The standard InChI is InChI=1S/C9H13NO/c1-10-7-9(11)8-5-3-2-4-6-8/h2-6,9,11H,1,7,10H2/t9-/m0/s1. The molecule has 0 saturated carbocycles. The Morgan fingerprint density at radius 2 is 2.00 bits per heavy atom. The molecular formula is C9H13NO. The molecule has 0 spiro atoms. The predicted octanol–water partition coefficient (Wildman–Crippen LogP) is 0.0750. The summed E-state index contributed by atoms with van der Waals surface area (Å²) in [5.74, 6) is 0. The van der Waals surface area contributed by atoms with Crippen LogP contribution in [0.2, 0.25) is 0 Å². The molecule has 2 heteroatoms. The fourth-order valence-corrected chi connectivity index (χ4v) is 0.969. The maximum Gasteiger partial charge on any atom is 0.126 e. The molecule has 0 amide bonds. The molecule has 3 N–H and O–H groups in total. The molecule has 0 radical (unpaired) electrons. The van der Waals surface area contributed by atoms with Crippen LogP contribution in [0.5, 0.6) is 0 Å². The molecule has 0 unspecified atom stereocenters. The van der Waals surface area contributed by atoms with Gasteiger partial charge in [0.25, 0.3) is 0 Å². The van der Waals surface area contributed by atoms with Crippen molar-refractivity contribution in [2.24, 2.45) is 0 Å². The maximum atomic E-state index is 9.45. The monoisotopic (exact) mass is 151 g/mol. The molecule has 0 aliphatic carbocycles. The number of hydrogen-bond donors (Lipinski definition) is 2. The normalized spacial score (nSPS) is 12.9. The van der Waals surface area contributed by atoms with E-state index in [0.29, 0.717) is 6.54 Å². The number of nitrogens with two attached hydrogens (primary N) is 1. The maximum absolute atomic E-state index is 9.45. The van der Waals surface area contributed by atoms with Crippen LogP contribution in [-0.4, -0.2) is 11.7 Å². The summed E-state index contributed by atoms with van der Waals surface area (Å²) in [5, 5.41) is 11.2. The molecule has 0 bridgehead atoms. The van der Waals surface area contributed by atoms with Crippen molar-refractivity contribution in [2.75, 3.05) is 6.54 Å². The number of aliphatic hydroxyl groups is 1. The SMILES string of the molecule is [CH2-][NH2+]C[C@H](O)c1ccccc1. The summed E-state index contributed by atoms with van der Waals surface area (Å²) in [6.45, 7) is 0.615. The van der Waals surface area contributed by atoms with Gasteiger partial charge in [-0.1, -0.05) is 30.3 Å². The van der Waals surface area contributed by atoms with Crippen molar-refractivity contribution in [2.45, 2.75) is 6.10 Å². The molecule has 60 valence electrons. The molecule has 0 fully saturated rings. The highest BCUT2D eigenvalue weighted by molar-refractivity contribution is 5.16. The van der Waals surface area contributed by atoms with Gasteiger partial charge in [-0.05, 0) is 5.56 Å². The zero-order valence-electron chi connectivity index (χ0n) is 6.40. The number of benzene rings is 1. The molecule has 2 nitrogen and oxygen atoms in total. The molecule has 0 aliphatic heterocycles. The number of quaternary nitrogens is 1. The Kier molecular flexibility index (Phi) is 3.08. The largest absolute Gasteiger partial charge is 0.476 e. The predicted molar refractivity (Wildman–Crippen MR) is 43.6 cm³/mol. The van der Waals surface area contributed by atoms with Crippen LogP contribution >= 0.6 is 0 Å². The van der Waals surface area contributed by atoms with Gasteiger partial charge < -0.3 is 10.4 Å². The van der Waals surface area contributed by atoms with Gasteiger partial charge in [0.05, 0.1) is 6.54 Å². The molecule has 0 aromatic heterocycles. The average Bonchev–Trinajstić information content (AvgIpc) is 2.07. The second kappa shape index (κ2) is 4.11. The molecule has 0 saturated heterocycles. The molecule has 0 heterocycles. The van der Waals surface area contributed by atoms with Crippen molar-refractivity contribution in [1.82, 2.24) is 0 Å². The highest BCUT2D eigenvalue weighted by atomic mass is 16.3. The smallest absolute Gasteiger partial charge is 0.126 e. The Balaban J connectivity index is 2.61. The molecule has 11 heavy (non-hydrogen) atoms. The number of rotatable bonds is 3. The van der Waals surface area contributed by atoms with Crippen LogP contribution in [0.3, 0.4) is 0 Å². The Morgan fingerprint density at radius 3 is 2.55 bits per heavy atom. The number of aliphatic hydroxyl groups excluding tert-OH is 1. The summed E-state index contributed by atoms with van der Waals surface area (Å²) < 4.78 is 0. The van der Waals surface area contributed by atoms with E-state index in [9.17, 15) is 5.11 Å². The second-order valence-corrected chi connectivity index (χ2v) is 2.45. The third kappa shape index (κ3) is 2.33. The Morgan fingerprint density at radius 1 is 1.36 bits per heavy atom. The van der Waals surface area contributed by atoms with Crippen molar-refractivity contribution >= 4 is 0 Å². The van der Waals surface area contributed by atoms with Gasteiger partial charge in [0, 0.05) is 0 Å². The van der Waals surface area contributed by atoms with Crippen LogP contribution in [0.4, 0.5) is 0 Å². The van der Waals surface area contributed by atoms with Gasteiger partial charge in [-0.2, -0.15) is 7.05 Å². The van der Waals surface area contributed by atoms with Crippen molar-refractivity contribution in [1.29, 1.82) is 0 Å². The van der Waals surface area contributed by atoms with Gasteiger partial charge in [-0.15, -0.1) is 0 Å². The van der Waals surface area contributed by atoms with Gasteiger partial charge in [0.15, 0.2) is 0 Å². The summed E-state index contributed by atoms with van der Waals surface area (Å²) in [6, 6.07) is 9.59. The van der Waals surface area contributed by atoms with E-state index < -0.39 is 6.10 Å². The first-order valence-corrected chi connectivity index (χ1v) is 3.68. The second-order valence-electron chi connectivity index (χ2n) is 2.45. The topological polar surface area (TPSA) is 36.8 Å². The third-order valence-corrected chi connectivity index (χ3v) is 1.57. The first-order chi connectivity index (χ1) is 5.34. The first kappa shape index (κ1) is 8.24. The lowest BCUT2D eigenvalue weighted by Crippen LogP contribution is -2.78. The lowest BCUT2D eigenvalue weighted by molar-refractivity contribution is -0.604. The van der Waals surface area contributed by atoms with Gasteiger partial charge in [-0.3, -0.25) is 0 Å². The van der Waals surface area contributed by atoms with Crippen LogP contribution in [-0.2, 0) is 0 Å². The van der Waals surface area contributed by atoms with E-state index >= 15 is 0 Å². The highest BCUT2D eigenvalue weighted by Crippen LogP contribution is 2.08. The van der Waals surface area contributed by atoms with E-state index in [4.69, 9.17) is 0 Å². The molecule has 1 aromatic rings. The summed E-state index contributed by atoms with van der Waals surface area (Å²) in [7, 11) is 3.57. The van der Waals surface area contributed by atoms with E-state index in [1.54, 1.807) is 5.32 Å². The van der Waals surface area contributed by atoms with Crippen molar-refractivity contribution < 1.29 is 10.4 Å². The fraction of sp³-hybridized carbons (Fsp3) is 0.222. The van der Waals surface area contributed by atoms with Crippen molar-refractivity contribution in [3.8, 4) is 0 Å². The van der Waals surface area contributed by atoms with Gasteiger partial charge >= 0.3 is 0 Å². The van der Waals surface area contributed by atoms with E-state index in [2.05, 4.69) is 7.05 Å². The summed E-state index contributed by atoms with van der Waals surface area (Å²) >= 11 is 0. The van der Waals surface area contributed by atoms with E-state index in [0.717, 1.165) is 5.56 Å². The van der Waals surface area contributed by atoms with Crippen LogP contribution in [0.25, 0.3) is 0 Å². The van der Waals surface area contributed by atoms with Crippen LogP contribution in [0, 0.1) is 7.05 Å². The lowest BCUT2D eigenvalue weighted by Gasteiger charge is -2.09. The lowest BCUT2D eigenvalue weighted by atomic mass is 10.1. The average molecular weight is 151 g/mol. The van der Waals surface area contributed by atoms with E-state index in [1.807, 2.05) is 30.3 Å². The van der Waals surface area contributed by atoms with Gasteiger partial charge in [0.1, 0.15) is 6.10 Å². The van der Waals surface area contributed by atoms with Crippen LogP contribution in [0.15, 0.2) is 30.3 Å². The third-order valence-electron chi connectivity index (χ3n) is 1.57. The summed E-state index contributed by atoms with van der Waals surface area (Å²) in [5.41, 5.74) is 0.951. The molecule has 1 atom stereocenters. The van der Waals surface area contributed by atoms with Crippen molar-refractivity contribution in [3.05, 3.63) is 42.9 Å². The summed E-state index contributed by atoms with van der Waals surface area (Å²) in [4.78, 5) is 0. The molecule has 1 rings (SSSR count). The van der Waals surface area contributed by atoms with Gasteiger partial charge in [0.2, 0.25) is 0 Å². The minimum Gasteiger partial charge on any atom is -0.476 e. The van der Waals surface area contributed by atoms with Crippen LogP contribution < -0.4 is 5.32 Å². The van der Waals surface area contributed by atoms with E-state index in [-0.39, 0.29) is 0 Å². The number of hydrogen-bond acceptors (Lipinski definition) is 1. The molecule has 0 aliphatic rings. The van der Waals surface area contributed by atoms with Gasteiger partial charge in [-0.25, -0.2) is 0 Å². The highest BCUT2D eigenvalue weighted by Gasteiger charge is 2.04. The molecule has 1 aromatic carbocycles. The minimum absolute atomic E-state index is 0.395. The Labute approximate surface area is 66.9 Å². The molecular weight excluding hydrogens is 138 g/mol. The summed E-state index contributed by atoms with van der Waals surface area (Å²) in [6.07, 6.45) is -0.395. The van der Waals surface area contributed by atoms with E-state index in [1.165, 1.54) is 0 Å². The van der Waals surface area contributed by atoms with Crippen LogP contribution in [0.1, 0.15) is 11.7 Å². The zero-order chi connectivity index (χ0) is 8.10. The zero-order valence-corrected chi connectivity index (χ0v) is 6.40. The Bertz CT molecular complexity index is 198. The quantitative estimate of drug-likeness (QED) is 0.589.